The Balaban J connectivity index is 1.30. The van der Waals surface area contributed by atoms with Crippen molar-refractivity contribution >= 4 is 0 Å². The molecular weight excluding hydrogens is 428 g/mol. The molecule has 2 heteroatoms. The first-order valence-electron chi connectivity index (χ1n) is 15.0. The molecule has 0 aliphatic heterocycles. The molecule has 0 heterocycles. The van der Waals surface area contributed by atoms with Crippen LogP contribution >= 0.6 is 0 Å². The van der Waals surface area contributed by atoms with Gasteiger partial charge < -0.3 is 10.2 Å². The molecule has 8 atom stereocenters. The normalized spacial score (nSPS) is 47.3. The second kappa shape index (κ2) is 8.45. The van der Waals surface area contributed by atoms with Gasteiger partial charge in [-0.2, -0.15) is 0 Å². The number of rotatable bonds is 4. The van der Waals surface area contributed by atoms with E-state index in [4.69, 9.17) is 0 Å². The zero-order chi connectivity index (χ0) is 25.4. The quantitative estimate of drug-likeness (QED) is 0.423. The average Bonchev–Trinajstić information content (AvgIpc) is 3.13. The molecule has 2 nitrogen and oxygen atoms in total. The van der Waals surface area contributed by atoms with Crippen molar-refractivity contribution in [1.82, 2.24) is 0 Å². The molecule has 0 bridgehead atoms. The van der Waals surface area contributed by atoms with Gasteiger partial charge in [0.25, 0.3) is 0 Å². The zero-order valence-electron chi connectivity index (χ0n) is 23.8. The Morgan fingerprint density at radius 1 is 0.886 bits per heavy atom. The topological polar surface area (TPSA) is 40.5 Å². The molecule has 5 aliphatic rings. The van der Waals surface area contributed by atoms with Gasteiger partial charge in [0.2, 0.25) is 0 Å². The van der Waals surface area contributed by atoms with Crippen LogP contribution in [0.25, 0.3) is 0 Å². The molecule has 2 N–H and O–H groups in total. The van der Waals surface area contributed by atoms with E-state index in [9.17, 15) is 10.2 Å². The summed E-state index contributed by atoms with van der Waals surface area (Å²) in [5.74, 6) is 3.52. The maximum absolute atomic E-state index is 11.3. The number of fused-ring (bicyclic) bond motifs is 5. The van der Waals surface area contributed by atoms with E-state index in [0.717, 1.165) is 63.2 Å². The van der Waals surface area contributed by atoms with Crippen LogP contribution in [-0.4, -0.2) is 21.4 Å². The Labute approximate surface area is 216 Å². The van der Waals surface area contributed by atoms with Crippen LogP contribution < -0.4 is 0 Å². The summed E-state index contributed by atoms with van der Waals surface area (Å²) in [5, 5.41) is 22.1. The number of allylic oxidation sites excluding steroid dienone is 2. The minimum Gasteiger partial charge on any atom is -0.390 e. The van der Waals surface area contributed by atoms with Crippen molar-refractivity contribution in [3.63, 3.8) is 0 Å². The first-order valence-corrected chi connectivity index (χ1v) is 15.0. The van der Waals surface area contributed by atoms with Crippen LogP contribution in [0.15, 0.2) is 23.8 Å². The van der Waals surface area contributed by atoms with Gasteiger partial charge in [-0.1, -0.05) is 58.4 Å². The van der Waals surface area contributed by atoms with Crippen molar-refractivity contribution in [3.05, 3.63) is 23.8 Å². The van der Waals surface area contributed by atoms with Gasteiger partial charge >= 0.3 is 0 Å². The Morgan fingerprint density at radius 2 is 1.57 bits per heavy atom. The lowest BCUT2D eigenvalue weighted by molar-refractivity contribution is -0.0619. The number of aliphatic hydroxyl groups is 2. The van der Waals surface area contributed by atoms with Gasteiger partial charge in [-0.05, 0) is 136 Å². The molecule has 4 saturated carbocycles. The van der Waals surface area contributed by atoms with Gasteiger partial charge in [0.1, 0.15) is 0 Å². The second-order valence-electron chi connectivity index (χ2n) is 15.7. The maximum atomic E-state index is 11.3. The minimum atomic E-state index is -0.548. The van der Waals surface area contributed by atoms with E-state index in [1.54, 1.807) is 0 Å². The Bertz CT molecular complexity index is 870. The fraction of sp³-hybridized carbons (Fsp3) is 0.879. The molecule has 5 rings (SSSR count). The molecule has 0 saturated heterocycles. The standard InChI is InChI=1S/C33H54O2/c1-22(10-13-33(35)18-14-29(3,4)15-19-33)25-8-9-26-28-23(2)20-24-21-30(5,34)16-17-31(24,6)27(28)11-12-32(25,26)7/h20,22,25-28,34-35H,2,8-19,21H2,1,3-7H3/t22-,25-,26+,27+,28+,30+,31+,32-/m1/s1. The molecule has 0 radical (unpaired) electrons. The van der Waals surface area contributed by atoms with Crippen LogP contribution in [0.1, 0.15) is 125 Å². The summed E-state index contributed by atoms with van der Waals surface area (Å²) in [7, 11) is 0. The van der Waals surface area contributed by atoms with Crippen LogP contribution in [0.2, 0.25) is 0 Å². The summed E-state index contributed by atoms with van der Waals surface area (Å²) in [5.41, 5.74) is 2.94. The van der Waals surface area contributed by atoms with E-state index in [-0.39, 0.29) is 5.41 Å². The first-order chi connectivity index (χ1) is 16.2. The van der Waals surface area contributed by atoms with Gasteiger partial charge in [0.15, 0.2) is 0 Å². The SMILES string of the molecule is C=C1C=C2C[C@@](C)(O)CC[C@]2(C)[C@H]2CC[C@]3(C)[C@@H]([C@H](C)CCC4(O)CCC(C)(C)CC4)CC[C@H]3[C@H]12. The highest BCUT2D eigenvalue weighted by atomic mass is 16.3. The Hall–Kier alpha value is -0.600. The van der Waals surface area contributed by atoms with Gasteiger partial charge in [-0.15, -0.1) is 0 Å². The van der Waals surface area contributed by atoms with Gasteiger partial charge in [-0.3, -0.25) is 0 Å². The first kappa shape index (κ1) is 26.0. The van der Waals surface area contributed by atoms with Crippen molar-refractivity contribution in [2.24, 2.45) is 45.8 Å². The average molecular weight is 483 g/mol. The Morgan fingerprint density at radius 3 is 2.26 bits per heavy atom. The predicted octanol–water partition coefficient (Wildman–Crippen LogP) is 8.23. The molecule has 35 heavy (non-hydrogen) atoms. The largest absolute Gasteiger partial charge is 0.390 e. The summed E-state index contributed by atoms with van der Waals surface area (Å²) in [6.07, 6.45) is 17.1. The highest BCUT2D eigenvalue weighted by Crippen LogP contribution is 2.68. The molecule has 5 aliphatic carbocycles. The highest BCUT2D eigenvalue weighted by molar-refractivity contribution is 5.38. The third-order valence-corrected chi connectivity index (χ3v) is 12.7. The van der Waals surface area contributed by atoms with Crippen LogP contribution in [0.3, 0.4) is 0 Å². The van der Waals surface area contributed by atoms with Crippen LogP contribution in [0.4, 0.5) is 0 Å². The molecule has 0 amide bonds. The summed E-state index contributed by atoms with van der Waals surface area (Å²) < 4.78 is 0. The number of hydrogen-bond donors (Lipinski definition) is 2. The van der Waals surface area contributed by atoms with Gasteiger partial charge in [0, 0.05) is 0 Å². The number of hydrogen-bond acceptors (Lipinski definition) is 2. The van der Waals surface area contributed by atoms with Gasteiger partial charge in [-0.25, -0.2) is 0 Å². The third kappa shape index (κ3) is 4.41. The monoisotopic (exact) mass is 482 g/mol. The molecule has 198 valence electrons. The van der Waals surface area contributed by atoms with E-state index in [2.05, 4.69) is 47.3 Å². The molecule has 0 spiro atoms. The van der Waals surface area contributed by atoms with E-state index < -0.39 is 11.2 Å². The smallest absolute Gasteiger partial charge is 0.0657 e. The molecule has 4 fully saturated rings. The fourth-order valence-corrected chi connectivity index (χ4v) is 10.0. The summed E-state index contributed by atoms with van der Waals surface area (Å²) in [6.45, 7) is 19.0. The van der Waals surface area contributed by atoms with E-state index in [1.807, 2.05) is 6.92 Å². The zero-order valence-corrected chi connectivity index (χ0v) is 23.8. The lowest BCUT2D eigenvalue weighted by Crippen LogP contribution is -2.52. The molecular formula is C33H54O2. The Kier molecular flexibility index (Phi) is 6.29. The highest BCUT2D eigenvalue weighted by Gasteiger charge is 2.60. The predicted molar refractivity (Wildman–Crippen MR) is 146 cm³/mol. The third-order valence-electron chi connectivity index (χ3n) is 12.7. The van der Waals surface area contributed by atoms with Crippen LogP contribution in [0, 0.1) is 45.8 Å². The summed E-state index contributed by atoms with van der Waals surface area (Å²) >= 11 is 0. The van der Waals surface area contributed by atoms with Crippen molar-refractivity contribution < 1.29 is 10.2 Å². The lowest BCUT2D eigenvalue weighted by atomic mass is 9.45. The minimum absolute atomic E-state index is 0.247. The van der Waals surface area contributed by atoms with Gasteiger partial charge in [0.05, 0.1) is 11.2 Å². The molecule has 0 aromatic heterocycles. The van der Waals surface area contributed by atoms with Crippen molar-refractivity contribution in [2.45, 2.75) is 136 Å². The maximum Gasteiger partial charge on any atom is 0.0657 e. The van der Waals surface area contributed by atoms with Crippen molar-refractivity contribution in [1.29, 1.82) is 0 Å². The summed E-state index contributed by atoms with van der Waals surface area (Å²) in [6, 6.07) is 0. The van der Waals surface area contributed by atoms with Crippen LogP contribution in [-0.2, 0) is 0 Å². The summed E-state index contributed by atoms with van der Waals surface area (Å²) in [4.78, 5) is 0. The van der Waals surface area contributed by atoms with E-state index in [0.29, 0.717) is 28.6 Å². The van der Waals surface area contributed by atoms with Crippen LogP contribution in [0.5, 0.6) is 0 Å². The van der Waals surface area contributed by atoms with Crippen molar-refractivity contribution in [3.8, 4) is 0 Å². The lowest BCUT2D eigenvalue weighted by Gasteiger charge is -2.59. The van der Waals surface area contributed by atoms with Crippen molar-refractivity contribution in [2.75, 3.05) is 0 Å². The fourth-order valence-electron chi connectivity index (χ4n) is 10.0. The van der Waals surface area contributed by atoms with E-state index >= 15 is 0 Å². The molecule has 0 aromatic rings. The van der Waals surface area contributed by atoms with E-state index in [1.165, 1.54) is 43.3 Å². The molecule has 0 unspecified atom stereocenters. The molecule has 0 aromatic carbocycles. The second-order valence-corrected chi connectivity index (χ2v) is 15.7.